The molecular formula is C15H16N4S2. The van der Waals surface area contributed by atoms with Crippen molar-refractivity contribution >= 4 is 23.1 Å². The molecule has 2 heterocycles. The minimum atomic E-state index is 0.804. The Balaban J connectivity index is 1.74. The largest absolute Gasteiger partial charge is 0.302 e. The van der Waals surface area contributed by atoms with Crippen LogP contribution in [-0.4, -0.2) is 19.7 Å². The number of thiazole rings is 1. The van der Waals surface area contributed by atoms with Crippen LogP contribution in [0.25, 0.3) is 0 Å². The molecule has 0 fully saturated rings. The molecule has 0 amide bonds. The number of hydrogen-bond donors (Lipinski definition) is 0. The molecule has 0 atom stereocenters. The first kappa shape index (κ1) is 14.3. The van der Waals surface area contributed by atoms with E-state index in [0.717, 1.165) is 34.0 Å². The zero-order chi connectivity index (χ0) is 14.7. The monoisotopic (exact) mass is 316 g/mol. The molecule has 0 aliphatic heterocycles. The molecule has 0 aliphatic rings. The molecule has 4 nitrogen and oxygen atoms in total. The molecule has 0 N–H and O–H groups in total. The van der Waals surface area contributed by atoms with Crippen LogP contribution >= 0.6 is 23.1 Å². The van der Waals surface area contributed by atoms with E-state index in [1.54, 1.807) is 23.1 Å². The zero-order valence-corrected chi connectivity index (χ0v) is 13.6. The van der Waals surface area contributed by atoms with Crippen molar-refractivity contribution in [3.8, 4) is 0 Å². The molecule has 1 aromatic carbocycles. The number of rotatable bonds is 5. The van der Waals surface area contributed by atoms with E-state index in [1.807, 2.05) is 19.9 Å². The van der Waals surface area contributed by atoms with Crippen LogP contribution in [0.4, 0.5) is 0 Å². The average Bonchev–Trinajstić information content (AvgIpc) is 3.06. The van der Waals surface area contributed by atoms with Crippen LogP contribution < -0.4 is 0 Å². The van der Waals surface area contributed by atoms with Crippen LogP contribution in [0.3, 0.4) is 0 Å². The minimum absolute atomic E-state index is 0.804. The Hall–Kier alpha value is -1.66. The molecule has 0 unspecified atom stereocenters. The summed E-state index contributed by atoms with van der Waals surface area (Å²) >= 11 is 3.37. The van der Waals surface area contributed by atoms with Gasteiger partial charge < -0.3 is 4.57 Å². The maximum atomic E-state index is 4.49. The second-order valence-corrected chi connectivity index (χ2v) is 6.75. The molecule has 21 heavy (non-hydrogen) atoms. The van der Waals surface area contributed by atoms with Gasteiger partial charge in [0.15, 0.2) is 5.16 Å². The summed E-state index contributed by atoms with van der Waals surface area (Å²) < 4.78 is 2.15. The lowest BCUT2D eigenvalue weighted by Gasteiger charge is -2.07. The van der Waals surface area contributed by atoms with E-state index < -0.39 is 0 Å². The Morgan fingerprint density at radius 3 is 2.67 bits per heavy atom. The van der Waals surface area contributed by atoms with Crippen LogP contribution in [0.5, 0.6) is 0 Å². The molecule has 2 aromatic heterocycles. The van der Waals surface area contributed by atoms with Crippen LogP contribution in [0, 0.1) is 13.8 Å². The van der Waals surface area contributed by atoms with Gasteiger partial charge in [0.25, 0.3) is 0 Å². The highest BCUT2D eigenvalue weighted by Gasteiger charge is 2.11. The van der Waals surface area contributed by atoms with Crippen molar-refractivity contribution in [2.24, 2.45) is 0 Å². The topological polar surface area (TPSA) is 43.6 Å². The van der Waals surface area contributed by atoms with Crippen molar-refractivity contribution in [2.75, 3.05) is 0 Å². The number of thioether (sulfide) groups is 1. The molecule has 108 valence electrons. The highest BCUT2D eigenvalue weighted by Crippen LogP contribution is 2.23. The zero-order valence-electron chi connectivity index (χ0n) is 12.0. The SMILES string of the molecule is Cc1nc(CSc2nnc(C)n2Cc2ccccc2)cs1. The molecular weight excluding hydrogens is 300 g/mol. The molecule has 0 saturated heterocycles. The van der Waals surface area contributed by atoms with Gasteiger partial charge in [-0.15, -0.1) is 21.5 Å². The van der Waals surface area contributed by atoms with Crippen LogP contribution in [0.1, 0.15) is 22.1 Å². The molecule has 6 heteroatoms. The smallest absolute Gasteiger partial charge is 0.191 e. The first-order chi connectivity index (χ1) is 10.2. The maximum absolute atomic E-state index is 4.49. The molecule has 0 radical (unpaired) electrons. The minimum Gasteiger partial charge on any atom is -0.302 e. The predicted molar refractivity (Wildman–Crippen MR) is 86.7 cm³/mol. The summed E-state index contributed by atoms with van der Waals surface area (Å²) in [6.07, 6.45) is 0. The van der Waals surface area contributed by atoms with Crippen molar-refractivity contribution in [2.45, 2.75) is 31.3 Å². The van der Waals surface area contributed by atoms with Crippen molar-refractivity contribution < 1.29 is 0 Å². The van der Waals surface area contributed by atoms with E-state index in [4.69, 9.17) is 0 Å². The third kappa shape index (κ3) is 3.51. The Bertz CT molecular complexity index is 718. The van der Waals surface area contributed by atoms with E-state index in [-0.39, 0.29) is 0 Å². The summed E-state index contributed by atoms with van der Waals surface area (Å²) in [5, 5.41) is 12.6. The molecule has 0 saturated carbocycles. The van der Waals surface area contributed by atoms with E-state index in [0.29, 0.717) is 0 Å². The van der Waals surface area contributed by atoms with E-state index in [1.165, 1.54) is 5.56 Å². The summed E-state index contributed by atoms with van der Waals surface area (Å²) in [5.74, 6) is 1.77. The number of aryl methyl sites for hydroxylation is 2. The van der Waals surface area contributed by atoms with Gasteiger partial charge in [0.2, 0.25) is 0 Å². The maximum Gasteiger partial charge on any atom is 0.191 e. The second kappa shape index (κ2) is 6.41. The van der Waals surface area contributed by atoms with Gasteiger partial charge in [-0.05, 0) is 19.4 Å². The molecule has 3 rings (SSSR count). The number of aromatic nitrogens is 4. The Morgan fingerprint density at radius 2 is 1.95 bits per heavy atom. The van der Waals surface area contributed by atoms with Gasteiger partial charge in [0.1, 0.15) is 5.82 Å². The molecule has 0 bridgehead atoms. The molecule has 0 aliphatic carbocycles. The summed E-state index contributed by atoms with van der Waals surface area (Å²) in [6.45, 7) is 4.83. The summed E-state index contributed by atoms with van der Waals surface area (Å²) in [4.78, 5) is 4.49. The van der Waals surface area contributed by atoms with E-state index in [2.05, 4.69) is 49.4 Å². The van der Waals surface area contributed by atoms with Gasteiger partial charge in [-0.3, -0.25) is 0 Å². The standard InChI is InChI=1S/C15H16N4S2/c1-11-17-18-15(21-10-14-9-20-12(2)16-14)19(11)8-13-6-4-3-5-7-13/h3-7,9H,8,10H2,1-2H3. The lowest BCUT2D eigenvalue weighted by molar-refractivity contribution is 0.688. The summed E-state index contributed by atoms with van der Waals surface area (Å²) in [7, 11) is 0. The number of benzene rings is 1. The Kier molecular flexibility index (Phi) is 4.36. The van der Waals surface area contributed by atoms with Crippen molar-refractivity contribution in [1.29, 1.82) is 0 Å². The van der Waals surface area contributed by atoms with Crippen LogP contribution in [0.2, 0.25) is 0 Å². The van der Waals surface area contributed by atoms with Crippen LogP contribution in [0.15, 0.2) is 40.9 Å². The first-order valence-electron chi connectivity index (χ1n) is 6.70. The Morgan fingerprint density at radius 1 is 1.14 bits per heavy atom. The average molecular weight is 316 g/mol. The number of nitrogens with zero attached hydrogens (tertiary/aromatic N) is 4. The highest BCUT2D eigenvalue weighted by atomic mass is 32.2. The number of hydrogen-bond acceptors (Lipinski definition) is 5. The van der Waals surface area contributed by atoms with Crippen molar-refractivity contribution in [3.63, 3.8) is 0 Å². The third-order valence-electron chi connectivity index (χ3n) is 3.10. The second-order valence-electron chi connectivity index (χ2n) is 4.75. The van der Waals surface area contributed by atoms with Gasteiger partial charge in [0, 0.05) is 11.1 Å². The summed E-state index contributed by atoms with van der Waals surface area (Å²) in [5.41, 5.74) is 2.36. The van der Waals surface area contributed by atoms with Gasteiger partial charge in [0.05, 0.1) is 17.2 Å². The quantitative estimate of drug-likeness (QED) is 0.673. The third-order valence-corrected chi connectivity index (χ3v) is 4.92. The fraction of sp³-hybridized carbons (Fsp3) is 0.267. The fourth-order valence-corrected chi connectivity index (χ4v) is 3.62. The lowest BCUT2D eigenvalue weighted by Crippen LogP contribution is -2.03. The molecule has 0 spiro atoms. The van der Waals surface area contributed by atoms with Crippen LogP contribution in [-0.2, 0) is 12.3 Å². The Labute approximate surface area is 132 Å². The van der Waals surface area contributed by atoms with Crippen molar-refractivity contribution in [3.05, 3.63) is 57.8 Å². The van der Waals surface area contributed by atoms with Gasteiger partial charge in [-0.25, -0.2) is 4.98 Å². The molecule has 3 aromatic rings. The van der Waals surface area contributed by atoms with E-state index in [9.17, 15) is 0 Å². The summed E-state index contributed by atoms with van der Waals surface area (Å²) in [6, 6.07) is 10.4. The lowest BCUT2D eigenvalue weighted by atomic mass is 10.2. The van der Waals surface area contributed by atoms with Crippen molar-refractivity contribution in [1.82, 2.24) is 19.7 Å². The van der Waals surface area contributed by atoms with Gasteiger partial charge in [-0.2, -0.15) is 0 Å². The normalized spacial score (nSPS) is 11.0. The van der Waals surface area contributed by atoms with E-state index >= 15 is 0 Å². The van der Waals surface area contributed by atoms with Gasteiger partial charge >= 0.3 is 0 Å². The van der Waals surface area contributed by atoms with Gasteiger partial charge in [-0.1, -0.05) is 42.1 Å². The fourth-order valence-electron chi connectivity index (χ4n) is 2.03. The predicted octanol–water partition coefficient (Wildman–Crippen LogP) is 3.69. The highest BCUT2D eigenvalue weighted by molar-refractivity contribution is 7.98. The first-order valence-corrected chi connectivity index (χ1v) is 8.56.